The minimum Gasteiger partial charge on any atom is -0.392 e. The molecule has 8 nitrogen and oxygen atoms in total. The Labute approximate surface area is 277 Å². The molecule has 2 amide bonds. The number of benzene rings is 4. The predicted molar refractivity (Wildman–Crippen MR) is 182 cm³/mol. The zero-order chi connectivity index (χ0) is 32.4. The van der Waals surface area contributed by atoms with Gasteiger partial charge in [0, 0.05) is 44.8 Å². The molecule has 0 saturated carbocycles. The number of carbonyl (C=O) groups is 1. The number of carbonyl (C=O) groups excluding carboxylic acids is 1. The molecule has 0 spiro atoms. The number of hydrogen-bond donors (Lipinski definition) is 3. The Bertz CT molecular complexity index is 1560. The number of hydrogen-bond acceptors (Lipinski definition) is 6. The van der Waals surface area contributed by atoms with Gasteiger partial charge in [0.1, 0.15) is 0 Å². The molecule has 3 N–H and O–H groups in total. The molecule has 0 unspecified atom stereocenters. The molecule has 2 heterocycles. The number of methoxy groups -OCH3 is 1. The van der Waals surface area contributed by atoms with Gasteiger partial charge < -0.3 is 30.0 Å². The van der Waals surface area contributed by atoms with Crippen molar-refractivity contribution in [2.75, 3.05) is 26.8 Å². The van der Waals surface area contributed by atoms with Crippen molar-refractivity contribution >= 4 is 6.03 Å². The molecule has 2 aliphatic heterocycles. The van der Waals surface area contributed by atoms with Crippen LogP contribution in [0.2, 0.25) is 0 Å². The zero-order valence-corrected chi connectivity index (χ0v) is 27.0. The number of aliphatic hydroxyl groups is 1. The molecule has 2 saturated heterocycles. The van der Waals surface area contributed by atoms with Gasteiger partial charge in [-0.3, -0.25) is 4.90 Å². The number of ether oxygens (including phenoxy) is 3. The minimum atomic E-state index is -0.501. The van der Waals surface area contributed by atoms with Crippen LogP contribution in [0.15, 0.2) is 103 Å². The van der Waals surface area contributed by atoms with Crippen molar-refractivity contribution in [1.29, 1.82) is 0 Å². The molecule has 8 heteroatoms. The van der Waals surface area contributed by atoms with E-state index in [-0.39, 0.29) is 24.8 Å². The fourth-order valence-electron chi connectivity index (χ4n) is 6.53. The van der Waals surface area contributed by atoms with E-state index in [0.29, 0.717) is 19.1 Å². The molecule has 0 radical (unpaired) electrons. The van der Waals surface area contributed by atoms with E-state index < -0.39 is 6.29 Å². The number of urea groups is 1. The highest BCUT2D eigenvalue weighted by molar-refractivity contribution is 5.74. The number of aliphatic hydroxyl groups excluding tert-OH is 1. The summed E-state index contributed by atoms with van der Waals surface area (Å²) in [7, 11) is 1.77. The molecule has 0 bridgehead atoms. The van der Waals surface area contributed by atoms with Gasteiger partial charge >= 0.3 is 6.03 Å². The van der Waals surface area contributed by atoms with Crippen molar-refractivity contribution in [2.45, 2.75) is 63.5 Å². The molecule has 2 aliphatic rings. The van der Waals surface area contributed by atoms with E-state index in [1.54, 1.807) is 7.11 Å². The molecule has 4 aromatic rings. The van der Waals surface area contributed by atoms with Crippen LogP contribution in [-0.2, 0) is 33.9 Å². The average Bonchev–Trinajstić information content (AvgIpc) is 3.56. The highest BCUT2D eigenvalue weighted by Gasteiger charge is 2.35. The Kier molecular flexibility index (Phi) is 11.3. The van der Waals surface area contributed by atoms with Gasteiger partial charge in [0.2, 0.25) is 0 Å². The number of likely N-dealkylation sites (tertiary alicyclic amines) is 1. The van der Waals surface area contributed by atoms with Gasteiger partial charge in [0.25, 0.3) is 0 Å². The predicted octanol–water partition coefficient (Wildman–Crippen LogP) is 6.50. The van der Waals surface area contributed by atoms with Gasteiger partial charge in [-0.1, -0.05) is 97.1 Å². The van der Waals surface area contributed by atoms with Gasteiger partial charge in [0.05, 0.1) is 25.4 Å². The van der Waals surface area contributed by atoms with Crippen LogP contribution < -0.4 is 10.6 Å². The minimum absolute atomic E-state index is 0.00229. The lowest BCUT2D eigenvalue weighted by Gasteiger charge is -2.38. The monoisotopic (exact) mass is 635 g/mol. The largest absolute Gasteiger partial charge is 0.392 e. The summed E-state index contributed by atoms with van der Waals surface area (Å²) < 4.78 is 18.7. The summed E-state index contributed by atoms with van der Waals surface area (Å²) in [6, 6.07) is 34.7. The third kappa shape index (κ3) is 8.86. The molecule has 0 aliphatic carbocycles. The van der Waals surface area contributed by atoms with Crippen molar-refractivity contribution in [3.05, 3.63) is 131 Å². The maximum Gasteiger partial charge on any atom is 0.315 e. The van der Waals surface area contributed by atoms with E-state index in [1.807, 2.05) is 54.6 Å². The van der Waals surface area contributed by atoms with Crippen LogP contribution in [0.3, 0.4) is 0 Å². The fourth-order valence-corrected chi connectivity index (χ4v) is 6.53. The second kappa shape index (κ2) is 16.2. The normalized spacial score (nSPS) is 21.4. The van der Waals surface area contributed by atoms with E-state index >= 15 is 0 Å². The van der Waals surface area contributed by atoms with Crippen LogP contribution in [0.5, 0.6) is 0 Å². The number of rotatable bonds is 12. The molecule has 0 aromatic heterocycles. The Balaban J connectivity index is 1.11. The second-order valence-corrected chi connectivity index (χ2v) is 12.4. The third-order valence-corrected chi connectivity index (χ3v) is 9.10. The fraction of sp³-hybridized carbons (Fsp3) is 0.359. The average molecular weight is 636 g/mol. The van der Waals surface area contributed by atoms with Crippen molar-refractivity contribution in [3.63, 3.8) is 0 Å². The SMILES string of the molecule is COC[C@@H]1CCCN1C[C@H]1C[C@@H](c2ccc(CO)cc2)O[C@@H](c2ccc(-c3cccc(CNC(=O)NCc4ccccc4)c3)cc2)O1. The maximum absolute atomic E-state index is 12.4. The summed E-state index contributed by atoms with van der Waals surface area (Å²) in [4.78, 5) is 14.9. The standard InChI is InChI=1S/C39H45N3O5/c1-45-27-35-11-6-20-42(35)25-36-22-37(32-14-12-29(26-43)13-15-32)47-38(46-36)33-18-16-31(17-19-33)34-10-5-9-30(21-34)24-41-39(44)40-23-28-7-3-2-4-8-28/h2-5,7-10,12-19,21,35-38,43H,6,11,20,22-27H2,1H3,(H2,40,41,44)/t35-,36+,37-,38-/m0/s1. The Morgan fingerprint density at radius 1 is 0.830 bits per heavy atom. The molecule has 6 rings (SSSR count). The summed E-state index contributed by atoms with van der Waals surface area (Å²) >= 11 is 0. The quantitative estimate of drug-likeness (QED) is 0.165. The van der Waals surface area contributed by atoms with Crippen LogP contribution >= 0.6 is 0 Å². The van der Waals surface area contributed by atoms with Crippen molar-refractivity contribution in [3.8, 4) is 11.1 Å². The topological polar surface area (TPSA) is 92.3 Å². The number of amides is 2. The highest BCUT2D eigenvalue weighted by Crippen LogP contribution is 2.39. The first kappa shape index (κ1) is 32.9. The first-order chi connectivity index (χ1) is 23.1. The lowest BCUT2D eigenvalue weighted by molar-refractivity contribution is -0.253. The van der Waals surface area contributed by atoms with E-state index in [9.17, 15) is 9.90 Å². The van der Waals surface area contributed by atoms with Crippen molar-refractivity contribution in [2.24, 2.45) is 0 Å². The molecule has 2 fully saturated rings. The summed E-state index contributed by atoms with van der Waals surface area (Å²) in [5, 5.41) is 15.4. The Morgan fingerprint density at radius 3 is 2.30 bits per heavy atom. The van der Waals surface area contributed by atoms with Gasteiger partial charge in [-0.25, -0.2) is 4.79 Å². The van der Waals surface area contributed by atoms with Crippen LogP contribution in [0.4, 0.5) is 4.79 Å². The molecule has 47 heavy (non-hydrogen) atoms. The molecule has 246 valence electrons. The summed E-state index contributed by atoms with van der Waals surface area (Å²) in [5.41, 5.74) is 7.17. The van der Waals surface area contributed by atoms with E-state index in [4.69, 9.17) is 14.2 Å². The first-order valence-corrected chi connectivity index (χ1v) is 16.6. The van der Waals surface area contributed by atoms with Gasteiger partial charge in [-0.2, -0.15) is 0 Å². The van der Waals surface area contributed by atoms with Crippen molar-refractivity contribution < 1.29 is 24.1 Å². The van der Waals surface area contributed by atoms with Gasteiger partial charge in [0.15, 0.2) is 6.29 Å². The summed E-state index contributed by atoms with van der Waals surface area (Å²) in [6.07, 6.45) is 2.46. The van der Waals surface area contributed by atoms with E-state index in [2.05, 4.69) is 64.1 Å². The highest BCUT2D eigenvalue weighted by atomic mass is 16.7. The smallest absolute Gasteiger partial charge is 0.315 e. The second-order valence-electron chi connectivity index (χ2n) is 12.4. The third-order valence-electron chi connectivity index (χ3n) is 9.10. The Morgan fingerprint density at radius 2 is 1.55 bits per heavy atom. The molecular formula is C39H45N3O5. The van der Waals surface area contributed by atoms with Crippen LogP contribution in [0.1, 0.15) is 59.5 Å². The molecular weight excluding hydrogens is 590 g/mol. The van der Waals surface area contributed by atoms with E-state index in [0.717, 1.165) is 71.5 Å². The first-order valence-electron chi connectivity index (χ1n) is 16.6. The summed E-state index contributed by atoms with van der Waals surface area (Å²) in [5.74, 6) is 0. The molecule has 4 atom stereocenters. The number of nitrogens with zero attached hydrogens (tertiary/aromatic N) is 1. The lowest BCUT2D eigenvalue weighted by Crippen LogP contribution is -2.42. The molecule has 4 aromatic carbocycles. The summed E-state index contributed by atoms with van der Waals surface area (Å²) in [6.45, 7) is 3.56. The van der Waals surface area contributed by atoms with E-state index in [1.165, 1.54) is 6.42 Å². The number of nitrogens with one attached hydrogen (secondary N) is 2. The van der Waals surface area contributed by atoms with Gasteiger partial charge in [-0.05, 0) is 58.8 Å². The van der Waals surface area contributed by atoms with Crippen LogP contribution in [0.25, 0.3) is 11.1 Å². The van der Waals surface area contributed by atoms with Crippen LogP contribution in [-0.4, -0.2) is 55.0 Å². The maximum atomic E-state index is 12.4. The van der Waals surface area contributed by atoms with Crippen LogP contribution in [0, 0.1) is 0 Å². The van der Waals surface area contributed by atoms with Gasteiger partial charge in [-0.15, -0.1) is 0 Å². The van der Waals surface area contributed by atoms with Crippen molar-refractivity contribution in [1.82, 2.24) is 15.5 Å². The Hall–Kier alpha value is -4.05. The lowest BCUT2D eigenvalue weighted by atomic mass is 9.99. The zero-order valence-electron chi connectivity index (χ0n) is 27.0.